The quantitative estimate of drug-likeness (QED) is 0.645. The largest absolute Gasteiger partial charge is 0.142 e. The third kappa shape index (κ3) is 1.89. The summed E-state index contributed by atoms with van der Waals surface area (Å²) in [7, 11) is 0. The van der Waals surface area contributed by atoms with Crippen molar-refractivity contribution in [3.63, 3.8) is 0 Å². The lowest BCUT2D eigenvalue weighted by Crippen LogP contribution is -1.94. The molecule has 0 nitrogen and oxygen atoms in total. The van der Waals surface area contributed by atoms with Crippen molar-refractivity contribution in [2.75, 3.05) is 0 Å². The molecule has 0 aromatic heterocycles. The van der Waals surface area contributed by atoms with E-state index < -0.39 is 0 Å². The average molecular weight is 210 g/mol. The maximum Gasteiger partial charge on any atom is 0.0209 e. The smallest absolute Gasteiger partial charge is 0.0209 e. The normalized spacial score (nSPS) is 18.0. The van der Waals surface area contributed by atoms with Crippen LogP contribution in [-0.2, 0) is 0 Å². The minimum atomic E-state index is 0.736. The summed E-state index contributed by atoms with van der Waals surface area (Å²) < 4.78 is 0. The standard InChI is InChI=1S/C11H14S2/c12-10-7-3-6-9(11(10)13)8-4-1-2-5-8/h3,6-8,12-13H,1-2,4-5H2. The SMILES string of the molecule is Sc1cccc(C2CCCC2)c1S. The van der Waals surface area contributed by atoms with Crippen molar-refractivity contribution in [1.82, 2.24) is 0 Å². The fourth-order valence-electron chi connectivity index (χ4n) is 2.11. The van der Waals surface area contributed by atoms with E-state index in [9.17, 15) is 0 Å². The van der Waals surface area contributed by atoms with Gasteiger partial charge in [0.1, 0.15) is 0 Å². The highest BCUT2D eigenvalue weighted by atomic mass is 32.1. The van der Waals surface area contributed by atoms with Gasteiger partial charge in [-0.2, -0.15) is 0 Å². The molecule has 1 aliphatic rings. The Labute approximate surface area is 90.6 Å². The van der Waals surface area contributed by atoms with E-state index >= 15 is 0 Å². The predicted octanol–water partition coefficient (Wildman–Crippen LogP) is 3.92. The van der Waals surface area contributed by atoms with E-state index in [1.165, 1.54) is 31.2 Å². The summed E-state index contributed by atoms with van der Waals surface area (Å²) in [6.07, 6.45) is 5.39. The maximum atomic E-state index is 4.51. The Morgan fingerprint density at radius 1 is 1.08 bits per heavy atom. The summed E-state index contributed by atoms with van der Waals surface area (Å²) in [5.74, 6) is 0.736. The Hall–Kier alpha value is -0.0800. The molecule has 13 heavy (non-hydrogen) atoms. The highest BCUT2D eigenvalue weighted by molar-refractivity contribution is 7.83. The highest BCUT2D eigenvalue weighted by Gasteiger charge is 2.19. The molecular formula is C11H14S2. The summed E-state index contributed by atoms with van der Waals surface area (Å²) in [6.45, 7) is 0. The van der Waals surface area contributed by atoms with Gasteiger partial charge in [-0.3, -0.25) is 0 Å². The van der Waals surface area contributed by atoms with Crippen LogP contribution < -0.4 is 0 Å². The molecule has 2 rings (SSSR count). The van der Waals surface area contributed by atoms with Gasteiger partial charge in [-0.15, -0.1) is 25.3 Å². The zero-order valence-electron chi connectivity index (χ0n) is 7.53. The van der Waals surface area contributed by atoms with Crippen LogP contribution in [0.1, 0.15) is 37.2 Å². The number of rotatable bonds is 1. The summed E-state index contributed by atoms with van der Waals surface area (Å²) in [5, 5.41) is 0. The fraction of sp³-hybridized carbons (Fsp3) is 0.455. The van der Waals surface area contributed by atoms with Gasteiger partial charge in [0.05, 0.1) is 0 Å². The molecule has 1 fully saturated rings. The lowest BCUT2D eigenvalue weighted by atomic mass is 9.98. The van der Waals surface area contributed by atoms with E-state index in [4.69, 9.17) is 0 Å². The van der Waals surface area contributed by atoms with Crippen molar-refractivity contribution >= 4 is 25.3 Å². The lowest BCUT2D eigenvalue weighted by molar-refractivity contribution is 0.704. The van der Waals surface area contributed by atoms with Gasteiger partial charge in [-0.25, -0.2) is 0 Å². The van der Waals surface area contributed by atoms with Crippen molar-refractivity contribution in [3.8, 4) is 0 Å². The van der Waals surface area contributed by atoms with Crippen molar-refractivity contribution < 1.29 is 0 Å². The second-order valence-electron chi connectivity index (χ2n) is 3.70. The molecule has 1 aromatic rings. The second-order valence-corrected chi connectivity index (χ2v) is 4.63. The summed E-state index contributed by atoms with van der Waals surface area (Å²) in [6, 6.07) is 6.28. The molecule has 2 heteroatoms. The van der Waals surface area contributed by atoms with E-state index in [2.05, 4.69) is 37.4 Å². The van der Waals surface area contributed by atoms with Crippen LogP contribution in [0.5, 0.6) is 0 Å². The molecule has 0 unspecified atom stereocenters. The van der Waals surface area contributed by atoms with E-state index in [0.29, 0.717) is 0 Å². The Balaban J connectivity index is 2.33. The summed E-state index contributed by atoms with van der Waals surface area (Å²) in [4.78, 5) is 2.09. The molecular weight excluding hydrogens is 196 g/mol. The van der Waals surface area contributed by atoms with Crippen molar-refractivity contribution in [2.24, 2.45) is 0 Å². The molecule has 70 valence electrons. The minimum absolute atomic E-state index is 0.736. The number of hydrogen-bond acceptors (Lipinski definition) is 2. The molecule has 0 atom stereocenters. The van der Waals surface area contributed by atoms with E-state index in [-0.39, 0.29) is 0 Å². The van der Waals surface area contributed by atoms with Gasteiger partial charge in [0.2, 0.25) is 0 Å². The zero-order chi connectivity index (χ0) is 9.26. The Bertz CT molecular complexity index is 301. The molecule has 0 amide bonds. The fourth-order valence-corrected chi connectivity index (χ4v) is 2.66. The first-order valence-corrected chi connectivity index (χ1v) is 5.69. The topological polar surface area (TPSA) is 0 Å². The zero-order valence-corrected chi connectivity index (χ0v) is 9.32. The van der Waals surface area contributed by atoms with Crippen LogP contribution >= 0.6 is 25.3 Å². The van der Waals surface area contributed by atoms with Crippen molar-refractivity contribution in [3.05, 3.63) is 23.8 Å². The number of benzene rings is 1. The Morgan fingerprint density at radius 2 is 1.77 bits per heavy atom. The van der Waals surface area contributed by atoms with Crippen LogP contribution in [0, 0.1) is 0 Å². The third-order valence-electron chi connectivity index (χ3n) is 2.84. The Morgan fingerprint density at radius 3 is 2.46 bits per heavy atom. The molecule has 0 bridgehead atoms. The Kier molecular flexibility index (Phi) is 2.89. The molecule has 0 N–H and O–H groups in total. The van der Waals surface area contributed by atoms with Crippen LogP contribution in [0.15, 0.2) is 28.0 Å². The molecule has 1 saturated carbocycles. The lowest BCUT2D eigenvalue weighted by Gasteiger charge is -2.13. The summed E-state index contributed by atoms with van der Waals surface area (Å²) >= 11 is 8.89. The molecule has 0 radical (unpaired) electrons. The first-order chi connectivity index (χ1) is 6.29. The van der Waals surface area contributed by atoms with Crippen LogP contribution in [0.25, 0.3) is 0 Å². The van der Waals surface area contributed by atoms with Crippen LogP contribution in [-0.4, -0.2) is 0 Å². The van der Waals surface area contributed by atoms with Gasteiger partial charge >= 0.3 is 0 Å². The first kappa shape index (κ1) is 9.47. The van der Waals surface area contributed by atoms with Gasteiger partial charge in [0.25, 0.3) is 0 Å². The molecule has 1 aromatic carbocycles. The predicted molar refractivity (Wildman–Crippen MR) is 62.2 cm³/mol. The minimum Gasteiger partial charge on any atom is -0.142 e. The van der Waals surface area contributed by atoms with Gasteiger partial charge in [0.15, 0.2) is 0 Å². The van der Waals surface area contributed by atoms with Gasteiger partial charge in [-0.05, 0) is 30.4 Å². The second kappa shape index (κ2) is 3.97. The molecule has 0 heterocycles. The monoisotopic (exact) mass is 210 g/mol. The molecule has 0 saturated heterocycles. The van der Waals surface area contributed by atoms with E-state index in [1.807, 2.05) is 6.07 Å². The third-order valence-corrected chi connectivity index (χ3v) is 3.89. The van der Waals surface area contributed by atoms with Crippen molar-refractivity contribution in [2.45, 2.75) is 41.4 Å². The first-order valence-electron chi connectivity index (χ1n) is 4.80. The average Bonchev–Trinajstić information content (AvgIpc) is 2.62. The van der Waals surface area contributed by atoms with Gasteiger partial charge < -0.3 is 0 Å². The van der Waals surface area contributed by atoms with Crippen LogP contribution in [0.4, 0.5) is 0 Å². The highest BCUT2D eigenvalue weighted by Crippen LogP contribution is 2.38. The molecule has 0 spiro atoms. The van der Waals surface area contributed by atoms with Crippen LogP contribution in [0.3, 0.4) is 0 Å². The molecule has 1 aliphatic carbocycles. The van der Waals surface area contributed by atoms with Gasteiger partial charge in [0, 0.05) is 9.79 Å². The van der Waals surface area contributed by atoms with Gasteiger partial charge in [-0.1, -0.05) is 25.0 Å². The summed E-state index contributed by atoms with van der Waals surface area (Å²) in [5.41, 5.74) is 1.40. The van der Waals surface area contributed by atoms with E-state index in [1.54, 1.807) is 0 Å². The van der Waals surface area contributed by atoms with Crippen LogP contribution in [0.2, 0.25) is 0 Å². The maximum absolute atomic E-state index is 4.51. The number of hydrogen-bond donors (Lipinski definition) is 2. The number of thiol groups is 2. The van der Waals surface area contributed by atoms with E-state index in [0.717, 1.165) is 15.7 Å². The molecule has 0 aliphatic heterocycles. The van der Waals surface area contributed by atoms with Crippen molar-refractivity contribution in [1.29, 1.82) is 0 Å².